The molecule has 2 aromatic heterocycles. The molecule has 96 valence electrons. The van der Waals surface area contributed by atoms with Gasteiger partial charge in [0.15, 0.2) is 6.29 Å². The van der Waals surface area contributed by atoms with Crippen molar-refractivity contribution in [3.8, 4) is 5.13 Å². The Bertz CT molecular complexity index is 542. The third kappa shape index (κ3) is 2.20. The minimum absolute atomic E-state index is 0.282. The Morgan fingerprint density at radius 2 is 2.17 bits per heavy atom. The lowest BCUT2D eigenvalue weighted by molar-refractivity contribution is 0.111. The van der Waals surface area contributed by atoms with Crippen molar-refractivity contribution in [2.24, 2.45) is 0 Å². The molecule has 0 aliphatic heterocycles. The first-order valence-electron chi connectivity index (χ1n) is 6.04. The molecule has 0 fully saturated rings. The number of carbonyl (C=O) groups excluding carboxylic acids is 1. The monoisotopic (exact) mass is 264 g/mol. The molecule has 0 aliphatic carbocycles. The molecule has 0 spiro atoms. The van der Waals surface area contributed by atoms with Gasteiger partial charge in [-0.3, -0.25) is 4.79 Å². The molecule has 0 aromatic carbocycles. The zero-order valence-corrected chi connectivity index (χ0v) is 11.6. The Labute approximate surface area is 110 Å². The Kier molecular flexibility index (Phi) is 3.86. The quantitative estimate of drug-likeness (QED) is 0.779. The molecule has 2 heterocycles. The fourth-order valence-electron chi connectivity index (χ4n) is 2.02. The van der Waals surface area contributed by atoms with Crippen molar-refractivity contribution in [1.82, 2.24) is 20.0 Å². The van der Waals surface area contributed by atoms with Crippen LogP contribution in [0, 0.1) is 6.92 Å². The average Bonchev–Trinajstić information content (AvgIpc) is 2.97. The highest BCUT2D eigenvalue weighted by Gasteiger charge is 2.22. The molecule has 5 nitrogen and oxygen atoms in total. The molecule has 0 atom stereocenters. The smallest absolute Gasteiger partial charge is 0.212 e. The first-order valence-corrected chi connectivity index (χ1v) is 6.92. The number of thiazole rings is 1. The summed E-state index contributed by atoms with van der Waals surface area (Å²) < 4.78 is 1.71. The minimum Gasteiger partial charge on any atom is -0.296 e. The highest BCUT2D eigenvalue weighted by molar-refractivity contribution is 7.12. The number of hydrogen-bond donors (Lipinski definition) is 0. The Morgan fingerprint density at radius 1 is 1.44 bits per heavy atom. The van der Waals surface area contributed by atoms with Crippen molar-refractivity contribution in [2.45, 2.75) is 39.5 Å². The lowest BCUT2D eigenvalue weighted by Gasteiger charge is -2.13. The van der Waals surface area contributed by atoms with E-state index in [1.165, 1.54) is 11.3 Å². The summed E-state index contributed by atoms with van der Waals surface area (Å²) in [4.78, 5) is 15.5. The van der Waals surface area contributed by atoms with Crippen LogP contribution < -0.4 is 0 Å². The lowest BCUT2D eigenvalue weighted by Crippen LogP contribution is -2.08. The van der Waals surface area contributed by atoms with Crippen LogP contribution in [-0.2, 0) is 0 Å². The number of aromatic nitrogens is 4. The number of aldehydes is 1. The number of hydrogen-bond acceptors (Lipinski definition) is 5. The van der Waals surface area contributed by atoms with Gasteiger partial charge < -0.3 is 0 Å². The van der Waals surface area contributed by atoms with Crippen LogP contribution in [0.1, 0.15) is 54.5 Å². The average molecular weight is 264 g/mol. The van der Waals surface area contributed by atoms with Crippen molar-refractivity contribution in [3.63, 3.8) is 0 Å². The maximum atomic E-state index is 11.1. The summed E-state index contributed by atoms with van der Waals surface area (Å²) in [6, 6.07) is 0. The van der Waals surface area contributed by atoms with Crippen LogP contribution in [0.25, 0.3) is 5.13 Å². The number of aryl methyl sites for hydroxylation is 1. The fraction of sp³-hybridized carbons (Fsp3) is 0.500. The van der Waals surface area contributed by atoms with E-state index in [2.05, 4.69) is 29.1 Å². The van der Waals surface area contributed by atoms with Gasteiger partial charge in [-0.05, 0) is 19.8 Å². The fourth-order valence-corrected chi connectivity index (χ4v) is 2.78. The van der Waals surface area contributed by atoms with E-state index < -0.39 is 0 Å². The summed E-state index contributed by atoms with van der Waals surface area (Å²) in [7, 11) is 0. The van der Waals surface area contributed by atoms with Gasteiger partial charge in [0.2, 0.25) is 5.13 Å². The Balaban J connectivity index is 2.54. The first-order chi connectivity index (χ1) is 8.71. The highest BCUT2D eigenvalue weighted by atomic mass is 32.1. The summed E-state index contributed by atoms with van der Waals surface area (Å²) in [5.74, 6) is 0.282. The van der Waals surface area contributed by atoms with Crippen LogP contribution in [0.4, 0.5) is 0 Å². The molecule has 0 saturated carbocycles. The molecule has 0 radical (unpaired) electrons. The van der Waals surface area contributed by atoms with Crippen molar-refractivity contribution in [1.29, 1.82) is 0 Å². The van der Waals surface area contributed by atoms with Gasteiger partial charge >= 0.3 is 0 Å². The van der Waals surface area contributed by atoms with Crippen LogP contribution in [0.15, 0.2) is 5.38 Å². The van der Waals surface area contributed by atoms with Gasteiger partial charge in [-0.15, -0.1) is 16.4 Å². The number of rotatable bonds is 5. The van der Waals surface area contributed by atoms with Crippen LogP contribution in [-0.4, -0.2) is 26.3 Å². The normalized spacial score (nSPS) is 11.1. The van der Waals surface area contributed by atoms with E-state index in [0.717, 1.165) is 35.6 Å². The molecule has 2 aromatic rings. The molecule has 0 amide bonds. The highest BCUT2D eigenvalue weighted by Crippen LogP contribution is 2.27. The third-order valence-corrected chi connectivity index (χ3v) is 3.94. The van der Waals surface area contributed by atoms with Crippen LogP contribution in [0.3, 0.4) is 0 Å². The zero-order valence-electron chi connectivity index (χ0n) is 10.8. The van der Waals surface area contributed by atoms with Gasteiger partial charge in [-0.1, -0.05) is 19.1 Å². The first kappa shape index (κ1) is 12.9. The van der Waals surface area contributed by atoms with E-state index in [-0.39, 0.29) is 5.92 Å². The second kappa shape index (κ2) is 5.39. The maximum absolute atomic E-state index is 11.1. The van der Waals surface area contributed by atoms with Gasteiger partial charge in [-0.25, -0.2) is 4.98 Å². The zero-order chi connectivity index (χ0) is 13.1. The molecule has 0 saturated heterocycles. The van der Waals surface area contributed by atoms with E-state index in [4.69, 9.17) is 0 Å². The SMILES string of the molecule is CCC(CC)c1c(C=O)nnn1-c1nc(C)cs1. The standard InChI is InChI=1S/C12H16N4OS/c1-4-9(5-2)11-10(6-17)14-15-16(11)12-13-8(3)7-18-12/h6-7,9H,4-5H2,1-3H3. The second-order valence-electron chi connectivity index (χ2n) is 4.17. The molecular formula is C12H16N4OS. The van der Waals surface area contributed by atoms with Crippen molar-refractivity contribution in [2.75, 3.05) is 0 Å². The second-order valence-corrected chi connectivity index (χ2v) is 5.01. The molecule has 18 heavy (non-hydrogen) atoms. The van der Waals surface area contributed by atoms with Gasteiger partial charge in [0.1, 0.15) is 5.69 Å². The third-order valence-electron chi connectivity index (χ3n) is 3.00. The number of carbonyl (C=O) groups is 1. The van der Waals surface area contributed by atoms with E-state index in [9.17, 15) is 4.79 Å². The largest absolute Gasteiger partial charge is 0.296 e. The number of nitrogens with zero attached hydrogens (tertiary/aromatic N) is 4. The van der Waals surface area contributed by atoms with Crippen molar-refractivity contribution >= 4 is 17.6 Å². The van der Waals surface area contributed by atoms with Crippen molar-refractivity contribution in [3.05, 3.63) is 22.5 Å². The summed E-state index contributed by atoms with van der Waals surface area (Å²) >= 11 is 1.51. The molecule has 2 rings (SSSR count). The summed E-state index contributed by atoms with van der Waals surface area (Å²) in [6.45, 7) is 6.15. The van der Waals surface area contributed by atoms with Gasteiger partial charge in [0.05, 0.1) is 11.4 Å². The van der Waals surface area contributed by atoms with Crippen molar-refractivity contribution < 1.29 is 4.79 Å². The van der Waals surface area contributed by atoms with Crippen LogP contribution >= 0.6 is 11.3 Å². The summed E-state index contributed by atoms with van der Waals surface area (Å²) in [6.07, 6.45) is 2.68. The molecular weight excluding hydrogens is 248 g/mol. The predicted molar refractivity (Wildman–Crippen MR) is 70.5 cm³/mol. The lowest BCUT2D eigenvalue weighted by atomic mass is 9.98. The Morgan fingerprint density at radius 3 is 2.67 bits per heavy atom. The topological polar surface area (TPSA) is 60.7 Å². The predicted octanol–water partition coefficient (Wildman–Crippen LogP) is 2.75. The Hall–Kier alpha value is -1.56. The summed E-state index contributed by atoms with van der Waals surface area (Å²) in [5, 5.41) is 10.8. The summed E-state index contributed by atoms with van der Waals surface area (Å²) in [5.41, 5.74) is 2.26. The van der Waals surface area contributed by atoms with E-state index >= 15 is 0 Å². The van der Waals surface area contributed by atoms with Crippen LogP contribution in [0.2, 0.25) is 0 Å². The molecule has 6 heteroatoms. The van der Waals surface area contributed by atoms with E-state index in [0.29, 0.717) is 5.69 Å². The molecule has 0 N–H and O–H groups in total. The van der Waals surface area contributed by atoms with Gasteiger partial charge in [0, 0.05) is 11.3 Å². The van der Waals surface area contributed by atoms with Gasteiger partial charge in [0.25, 0.3) is 0 Å². The maximum Gasteiger partial charge on any atom is 0.212 e. The molecule has 0 unspecified atom stereocenters. The van der Waals surface area contributed by atoms with Crippen LogP contribution in [0.5, 0.6) is 0 Å². The van der Waals surface area contributed by atoms with E-state index in [1.54, 1.807) is 4.68 Å². The minimum atomic E-state index is 0.282. The molecule has 0 aliphatic rings. The van der Waals surface area contributed by atoms with E-state index in [1.807, 2.05) is 12.3 Å². The van der Waals surface area contributed by atoms with Gasteiger partial charge in [-0.2, -0.15) is 4.68 Å². The molecule has 0 bridgehead atoms.